The summed E-state index contributed by atoms with van der Waals surface area (Å²) in [5.74, 6) is 0.815. The van der Waals surface area contributed by atoms with Crippen LogP contribution in [0.15, 0.2) is 161 Å². The zero-order valence-corrected chi connectivity index (χ0v) is 33.0. The van der Waals surface area contributed by atoms with Crippen molar-refractivity contribution in [1.29, 1.82) is 0 Å². The lowest BCUT2D eigenvalue weighted by Gasteiger charge is -2.24. The Morgan fingerprint density at radius 1 is 0.679 bits per heavy atom. The maximum absolute atomic E-state index is 11.8. The molecule has 0 bridgehead atoms. The number of ether oxygens (including phenoxy) is 1. The summed E-state index contributed by atoms with van der Waals surface area (Å²) in [4.78, 5) is 1.83. The Labute approximate surface area is 328 Å². The van der Waals surface area contributed by atoms with E-state index in [9.17, 15) is 25.9 Å². The molecule has 0 aliphatic heterocycles. The molecule has 5 aromatic carbocycles. The van der Waals surface area contributed by atoms with Crippen molar-refractivity contribution in [2.45, 2.75) is 37.1 Å². The van der Waals surface area contributed by atoms with Gasteiger partial charge in [-0.1, -0.05) is 36.4 Å². The molecular weight excluding hydrogens is 747 g/mol. The van der Waals surface area contributed by atoms with Crippen LogP contribution in [-0.4, -0.2) is 55.9 Å². The fourth-order valence-corrected chi connectivity index (χ4v) is 7.59. The van der Waals surface area contributed by atoms with Crippen LogP contribution in [0.2, 0.25) is 0 Å². The van der Waals surface area contributed by atoms with Crippen LogP contribution in [0.3, 0.4) is 0 Å². The lowest BCUT2D eigenvalue weighted by atomic mass is 9.90. The third-order valence-electron chi connectivity index (χ3n) is 9.33. The van der Waals surface area contributed by atoms with Gasteiger partial charge in [-0.2, -0.15) is 21.4 Å². The largest absolute Gasteiger partial charge is 0.494 e. The Bertz CT molecular complexity index is 2510. The highest BCUT2D eigenvalue weighted by molar-refractivity contribution is 7.86. The first kappa shape index (κ1) is 39.9. The second kappa shape index (κ2) is 17.3. The third-order valence-corrected chi connectivity index (χ3v) is 11.0. The van der Waals surface area contributed by atoms with E-state index in [0.29, 0.717) is 26.2 Å². The fraction of sp³-hybridized carbons (Fsp3) is 0.159. The maximum Gasteiger partial charge on any atom is 0.294 e. The van der Waals surface area contributed by atoms with E-state index in [4.69, 9.17) is 4.74 Å². The number of rotatable bonds is 14. The summed E-state index contributed by atoms with van der Waals surface area (Å²) >= 11 is 0. The average molecular weight is 791 g/mol. The summed E-state index contributed by atoms with van der Waals surface area (Å²) in [5.41, 5.74) is 9.28. The molecule has 0 radical (unpaired) electrons. The van der Waals surface area contributed by atoms with Crippen LogP contribution in [0, 0.1) is 0 Å². The van der Waals surface area contributed by atoms with Crippen LogP contribution in [0.4, 0.5) is 22.7 Å². The minimum Gasteiger partial charge on any atom is -0.494 e. The molecule has 10 nitrogen and oxygen atoms in total. The normalized spacial score (nSPS) is 12.7. The van der Waals surface area contributed by atoms with Crippen LogP contribution in [0.1, 0.15) is 37.5 Å². The van der Waals surface area contributed by atoms with E-state index in [1.54, 1.807) is 18.2 Å². The monoisotopic (exact) mass is 790 g/mol. The number of hydrogen-bond acceptors (Lipinski definition) is 7. The Morgan fingerprint density at radius 2 is 1.25 bits per heavy atom. The topological polar surface area (TPSA) is 136 Å². The van der Waals surface area contributed by atoms with Crippen molar-refractivity contribution < 1.29 is 35.3 Å². The van der Waals surface area contributed by atoms with Crippen molar-refractivity contribution in [3.8, 4) is 5.75 Å². The van der Waals surface area contributed by atoms with Crippen molar-refractivity contribution in [1.82, 2.24) is 0 Å². The molecule has 0 unspecified atom stereocenters. The summed E-state index contributed by atoms with van der Waals surface area (Å²) < 4.78 is 73.4. The minimum absolute atomic E-state index is 0.135. The molecule has 0 saturated carbocycles. The smallest absolute Gasteiger partial charge is 0.294 e. The Balaban J connectivity index is 1.34. The summed E-state index contributed by atoms with van der Waals surface area (Å²) in [5, 5.41) is 3.46. The molecule has 0 atom stereocenters. The molecule has 6 rings (SSSR count). The molecular formula is C44H44N3O7S2+. The van der Waals surface area contributed by atoms with Gasteiger partial charge in [0, 0.05) is 54.4 Å². The van der Waals surface area contributed by atoms with Gasteiger partial charge < -0.3 is 15.0 Å². The predicted molar refractivity (Wildman–Crippen MR) is 223 cm³/mol. The van der Waals surface area contributed by atoms with Gasteiger partial charge in [0.05, 0.1) is 16.4 Å². The highest BCUT2D eigenvalue weighted by Crippen LogP contribution is 2.33. The van der Waals surface area contributed by atoms with Gasteiger partial charge >= 0.3 is 0 Å². The van der Waals surface area contributed by atoms with E-state index < -0.39 is 20.2 Å². The van der Waals surface area contributed by atoms with Gasteiger partial charge in [0.25, 0.3) is 20.2 Å². The van der Waals surface area contributed by atoms with E-state index in [1.165, 1.54) is 24.3 Å². The zero-order chi connectivity index (χ0) is 39.9. The molecule has 0 aromatic heterocycles. The van der Waals surface area contributed by atoms with Crippen molar-refractivity contribution in [3.63, 3.8) is 0 Å². The highest BCUT2D eigenvalue weighted by Gasteiger charge is 2.19. The second-order valence-electron chi connectivity index (χ2n) is 13.0. The van der Waals surface area contributed by atoms with Crippen molar-refractivity contribution in [2.24, 2.45) is 0 Å². The first-order valence-corrected chi connectivity index (χ1v) is 21.1. The highest BCUT2D eigenvalue weighted by atomic mass is 32.2. The standard InChI is InChI=1S/C44H43N3O7S2/c1-4-46(31-32-8-7-9-43(30-32)56(51,52)53)38-20-12-34(13-21-38)44(33-10-16-36(17-11-33)45-37-18-26-41(27-19-37)54-6-3)35-14-22-39(23-15-35)47(5-2)40-24-28-42(29-25-40)55(48,49)50/h7-30H,4-6,31H2,1-3H3,(H2,48,49,50,51,52,53)/p+1. The van der Waals surface area contributed by atoms with E-state index in [1.807, 2.05) is 75.4 Å². The minimum atomic E-state index is -4.31. The Hall–Kier alpha value is -5.79. The molecule has 0 fully saturated rings. The zero-order valence-electron chi connectivity index (χ0n) is 31.3. The number of nitrogens with zero attached hydrogens (tertiary/aromatic N) is 2. The van der Waals surface area contributed by atoms with Gasteiger partial charge in [0.15, 0.2) is 0 Å². The van der Waals surface area contributed by atoms with E-state index in [-0.39, 0.29) is 9.79 Å². The van der Waals surface area contributed by atoms with Crippen LogP contribution in [0.5, 0.6) is 5.75 Å². The summed E-state index contributed by atoms with van der Waals surface area (Å²) in [6.45, 7) is 8.35. The van der Waals surface area contributed by atoms with E-state index >= 15 is 0 Å². The second-order valence-corrected chi connectivity index (χ2v) is 15.8. The molecule has 12 heteroatoms. The summed E-state index contributed by atoms with van der Waals surface area (Å²) in [6.07, 6.45) is 8.21. The molecule has 1 aliphatic rings. The van der Waals surface area contributed by atoms with Crippen molar-refractivity contribution in [2.75, 3.05) is 29.9 Å². The van der Waals surface area contributed by atoms with E-state index in [0.717, 1.165) is 62.0 Å². The third kappa shape index (κ3) is 9.71. The Kier molecular flexibility index (Phi) is 12.4. The first-order valence-electron chi connectivity index (χ1n) is 18.2. The predicted octanol–water partition coefficient (Wildman–Crippen LogP) is 9.08. The molecule has 5 aromatic rings. The van der Waals surface area contributed by atoms with Gasteiger partial charge in [0.2, 0.25) is 11.4 Å². The fourth-order valence-electron chi connectivity index (χ4n) is 6.56. The summed E-state index contributed by atoms with van der Waals surface area (Å²) in [7, 11) is -8.61. The van der Waals surface area contributed by atoms with E-state index in [2.05, 4.69) is 63.3 Å². The van der Waals surface area contributed by atoms with Gasteiger partial charge in [-0.05, 0) is 134 Å². The molecule has 1 aliphatic carbocycles. The van der Waals surface area contributed by atoms with Gasteiger partial charge in [0.1, 0.15) is 12.3 Å². The average Bonchev–Trinajstić information content (AvgIpc) is 3.19. The summed E-state index contributed by atoms with van der Waals surface area (Å²) in [6, 6.07) is 36.8. The maximum atomic E-state index is 11.8. The SMILES string of the molecule is CCOc1ccc(Nc2ccc(C(=C3C=CC(=[N+](CC)c4ccc(S(=O)(=O)O)cc4)C=C3)c3ccc(N(CC)Cc4cccc(S(=O)(=O)O)c4)cc3)cc2)cc1. The molecule has 0 heterocycles. The lowest BCUT2D eigenvalue weighted by molar-refractivity contribution is -0.434. The van der Waals surface area contributed by atoms with Crippen molar-refractivity contribution >= 4 is 54.3 Å². The number of hydrogen-bond donors (Lipinski definition) is 3. The number of anilines is 3. The first-order chi connectivity index (χ1) is 26.9. The van der Waals surface area contributed by atoms with Gasteiger partial charge in [-0.3, -0.25) is 9.11 Å². The molecule has 0 amide bonds. The van der Waals surface area contributed by atoms with Crippen LogP contribution in [-0.2, 0) is 26.8 Å². The van der Waals surface area contributed by atoms with Gasteiger partial charge in [-0.25, -0.2) is 0 Å². The quantitative estimate of drug-likeness (QED) is 0.0744. The van der Waals surface area contributed by atoms with Crippen molar-refractivity contribution in [3.05, 3.63) is 168 Å². The van der Waals surface area contributed by atoms with Crippen LogP contribution in [0.25, 0.3) is 5.57 Å². The van der Waals surface area contributed by atoms with Gasteiger partial charge in [-0.15, -0.1) is 0 Å². The molecule has 0 spiro atoms. The number of nitrogens with one attached hydrogen (secondary N) is 1. The molecule has 3 N–H and O–H groups in total. The Morgan fingerprint density at radius 3 is 1.79 bits per heavy atom. The molecule has 0 saturated heterocycles. The molecule has 288 valence electrons. The molecule has 56 heavy (non-hydrogen) atoms. The number of benzene rings is 5. The lowest BCUT2D eigenvalue weighted by Crippen LogP contribution is -2.22. The van der Waals surface area contributed by atoms with Crippen LogP contribution >= 0.6 is 0 Å². The number of allylic oxidation sites excluding steroid dienone is 5. The van der Waals surface area contributed by atoms with Crippen LogP contribution < -0.4 is 15.0 Å².